The van der Waals surface area contributed by atoms with E-state index in [2.05, 4.69) is 32.5 Å². The van der Waals surface area contributed by atoms with Crippen LogP contribution in [0, 0.1) is 0 Å². The molecule has 0 aliphatic rings. The molecule has 0 aliphatic heterocycles. The molecule has 0 saturated carbocycles. The van der Waals surface area contributed by atoms with E-state index >= 15 is 0 Å². The molecule has 0 fully saturated rings. The first-order valence-electron chi connectivity index (χ1n) is 10.6. The number of anilines is 5. The molecule has 36 heavy (non-hydrogen) atoms. The Balaban J connectivity index is 1.54. The highest BCUT2D eigenvalue weighted by Gasteiger charge is 2.35. The van der Waals surface area contributed by atoms with E-state index in [0.29, 0.717) is 34.8 Å². The van der Waals surface area contributed by atoms with Crippen molar-refractivity contribution in [3.8, 4) is 11.5 Å². The SMILES string of the molecule is C=CC(=O)Nc1cccc(Nc2ncc(C(F)(F)F)c(Nc3ccc(Oc4ccccc4)cc3)n2)c1. The van der Waals surface area contributed by atoms with Crippen molar-refractivity contribution >= 4 is 34.7 Å². The largest absolute Gasteiger partial charge is 0.457 e. The topological polar surface area (TPSA) is 88.2 Å². The number of rotatable bonds is 8. The van der Waals surface area contributed by atoms with Gasteiger partial charge in [-0.05, 0) is 60.7 Å². The Morgan fingerprint density at radius 1 is 0.861 bits per heavy atom. The lowest BCUT2D eigenvalue weighted by Gasteiger charge is -2.15. The van der Waals surface area contributed by atoms with Crippen molar-refractivity contribution in [2.24, 2.45) is 0 Å². The van der Waals surface area contributed by atoms with E-state index in [0.717, 1.165) is 6.08 Å². The smallest absolute Gasteiger partial charge is 0.421 e. The summed E-state index contributed by atoms with van der Waals surface area (Å²) in [6.45, 7) is 3.39. The van der Waals surface area contributed by atoms with Gasteiger partial charge >= 0.3 is 6.18 Å². The van der Waals surface area contributed by atoms with Crippen molar-refractivity contribution in [3.05, 3.63) is 103 Å². The normalized spacial score (nSPS) is 10.9. The molecule has 0 atom stereocenters. The molecule has 0 saturated heterocycles. The maximum absolute atomic E-state index is 13.6. The van der Waals surface area contributed by atoms with E-state index in [1.807, 2.05) is 18.2 Å². The Kier molecular flexibility index (Phi) is 7.15. The van der Waals surface area contributed by atoms with Gasteiger partial charge in [0.1, 0.15) is 22.9 Å². The minimum atomic E-state index is -4.67. The maximum Gasteiger partial charge on any atom is 0.421 e. The van der Waals surface area contributed by atoms with Gasteiger partial charge in [-0.1, -0.05) is 30.8 Å². The van der Waals surface area contributed by atoms with E-state index in [9.17, 15) is 18.0 Å². The molecular weight excluding hydrogens is 471 g/mol. The van der Waals surface area contributed by atoms with Gasteiger partial charge in [0.2, 0.25) is 11.9 Å². The van der Waals surface area contributed by atoms with Crippen LogP contribution >= 0.6 is 0 Å². The fraction of sp³-hybridized carbons (Fsp3) is 0.0385. The monoisotopic (exact) mass is 491 g/mol. The van der Waals surface area contributed by atoms with E-state index in [-0.39, 0.29) is 5.95 Å². The molecule has 4 aromatic rings. The van der Waals surface area contributed by atoms with Crippen molar-refractivity contribution in [2.75, 3.05) is 16.0 Å². The average Bonchev–Trinajstić information content (AvgIpc) is 2.85. The summed E-state index contributed by atoms with van der Waals surface area (Å²) in [6, 6.07) is 22.1. The first-order chi connectivity index (χ1) is 17.3. The minimum absolute atomic E-state index is 0.0678. The predicted molar refractivity (Wildman–Crippen MR) is 132 cm³/mol. The lowest BCUT2D eigenvalue weighted by Crippen LogP contribution is -2.12. The van der Waals surface area contributed by atoms with Gasteiger partial charge in [0, 0.05) is 23.3 Å². The highest BCUT2D eigenvalue weighted by Crippen LogP contribution is 2.36. The molecule has 0 aliphatic carbocycles. The number of ether oxygens (including phenoxy) is 1. The van der Waals surface area contributed by atoms with Gasteiger partial charge in [0.25, 0.3) is 0 Å². The second-order valence-electron chi connectivity index (χ2n) is 7.42. The van der Waals surface area contributed by atoms with Crippen LogP contribution in [0.5, 0.6) is 11.5 Å². The van der Waals surface area contributed by atoms with Crippen LogP contribution in [0.1, 0.15) is 5.56 Å². The number of carbonyl (C=O) groups is 1. The summed E-state index contributed by atoms with van der Waals surface area (Å²) in [4.78, 5) is 19.4. The number of hydrogen-bond donors (Lipinski definition) is 3. The number of alkyl halides is 3. The van der Waals surface area contributed by atoms with E-state index < -0.39 is 23.5 Å². The van der Waals surface area contributed by atoms with E-state index in [4.69, 9.17) is 4.74 Å². The highest BCUT2D eigenvalue weighted by atomic mass is 19.4. The lowest BCUT2D eigenvalue weighted by molar-refractivity contribution is -0.137. The summed E-state index contributed by atoms with van der Waals surface area (Å²) >= 11 is 0. The van der Waals surface area contributed by atoms with Crippen LogP contribution in [0.2, 0.25) is 0 Å². The van der Waals surface area contributed by atoms with Crippen molar-refractivity contribution in [1.29, 1.82) is 0 Å². The summed E-state index contributed by atoms with van der Waals surface area (Å²) in [5, 5.41) is 8.16. The number of carbonyl (C=O) groups excluding carboxylic acids is 1. The van der Waals surface area contributed by atoms with Gasteiger partial charge < -0.3 is 20.7 Å². The number of nitrogens with zero attached hydrogens (tertiary/aromatic N) is 2. The van der Waals surface area contributed by atoms with Gasteiger partial charge in [-0.15, -0.1) is 0 Å². The molecular formula is C26H20F3N5O2. The number of halogens is 3. The molecule has 4 rings (SSSR count). The molecule has 7 nitrogen and oxygen atoms in total. The Morgan fingerprint density at radius 2 is 1.56 bits per heavy atom. The molecule has 3 aromatic carbocycles. The second-order valence-corrected chi connectivity index (χ2v) is 7.42. The summed E-state index contributed by atoms with van der Waals surface area (Å²) in [6.07, 6.45) is -2.85. The van der Waals surface area contributed by atoms with Crippen LogP contribution < -0.4 is 20.7 Å². The quantitative estimate of drug-likeness (QED) is 0.232. The first kappa shape index (κ1) is 24.3. The average molecular weight is 491 g/mol. The van der Waals surface area contributed by atoms with Gasteiger partial charge in [0.05, 0.1) is 0 Å². The lowest BCUT2D eigenvalue weighted by atomic mass is 10.2. The number of benzene rings is 3. The van der Waals surface area contributed by atoms with Crippen LogP contribution in [-0.4, -0.2) is 15.9 Å². The maximum atomic E-state index is 13.6. The summed E-state index contributed by atoms with van der Waals surface area (Å²) < 4.78 is 46.6. The minimum Gasteiger partial charge on any atom is -0.457 e. The number of amides is 1. The number of nitrogens with one attached hydrogen (secondary N) is 3. The van der Waals surface area contributed by atoms with Crippen LogP contribution in [-0.2, 0) is 11.0 Å². The molecule has 0 unspecified atom stereocenters. The summed E-state index contributed by atoms with van der Waals surface area (Å²) in [5.74, 6) is 0.271. The van der Waals surface area contributed by atoms with Crippen molar-refractivity contribution in [3.63, 3.8) is 0 Å². The molecule has 1 heterocycles. The second kappa shape index (κ2) is 10.6. The van der Waals surface area contributed by atoms with Crippen molar-refractivity contribution in [1.82, 2.24) is 9.97 Å². The molecule has 10 heteroatoms. The van der Waals surface area contributed by atoms with Gasteiger partial charge in [-0.25, -0.2) is 4.98 Å². The number of hydrogen-bond acceptors (Lipinski definition) is 6. The molecule has 3 N–H and O–H groups in total. The molecule has 0 bridgehead atoms. The third-order valence-electron chi connectivity index (χ3n) is 4.76. The van der Waals surface area contributed by atoms with Gasteiger partial charge in [-0.3, -0.25) is 4.79 Å². The Morgan fingerprint density at radius 3 is 2.25 bits per heavy atom. The summed E-state index contributed by atoms with van der Waals surface area (Å²) in [7, 11) is 0. The van der Waals surface area contributed by atoms with Crippen LogP contribution in [0.25, 0.3) is 0 Å². The van der Waals surface area contributed by atoms with Crippen LogP contribution in [0.4, 0.5) is 42.0 Å². The predicted octanol–water partition coefficient (Wildman–Crippen LogP) is 6.90. The highest BCUT2D eigenvalue weighted by molar-refractivity contribution is 5.99. The fourth-order valence-electron chi connectivity index (χ4n) is 3.11. The molecule has 1 aromatic heterocycles. The van der Waals surface area contributed by atoms with E-state index in [1.165, 1.54) is 0 Å². The zero-order valence-electron chi connectivity index (χ0n) is 18.7. The molecule has 182 valence electrons. The van der Waals surface area contributed by atoms with Gasteiger partial charge in [-0.2, -0.15) is 18.2 Å². The van der Waals surface area contributed by atoms with Crippen molar-refractivity contribution in [2.45, 2.75) is 6.18 Å². The third-order valence-corrected chi connectivity index (χ3v) is 4.76. The number of para-hydroxylation sites is 1. The zero-order valence-corrected chi connectivity index (χ0v) is 18.7. The van der Waals surface area contributed by atoms with Crippen molar-refractivity contribution < 1.29 is 22.7 Å². The molecule has 0 radical (unpaired) electrons. The summed E-state index contributed by atoms with van der Waals surface area (Å²) in [5.41, 5.74) is 0.280. The standard InChI is InChI=1S/C26H20F3N5O2/c1-2-23(35)31-18-7-6-8-19(15-18)33-25-30-16-22(26(27,28)29)24(34-25)32-17-11-13-21(14-12-17)36-20-9-4-3-5-10-20/h2-16H,1H2,(H,31,35)(H2,30,32,33,34). The van der Waals surface area contributed by atoms with Crippen LogP contribution in [0.15, 0.2) is 97.7 Å². The van der Waals surface area contributed by atoms with E-state index in [1.54, 1.807) is 60.7 Å². The Labute approximate surface area is 204 Å². The fourth-order valence-corrected chi connectivity index (χ4v) is 3.11. The Bertz CT molecular complexity index is 1360. The van der Waals surface area contributed by atoms with Crippen LogP contribution in [0.3, 0.4) is 0 Å². The Hall–Kier alpha value is -4.86. The molecule has 0 spiro atoms. The zero-order chi connectivity index (χ0) is 25.5. The van der Waals surface area contributed by atoms with Gasteiger partial charge in [0.15, 0.2) is 0 Å². The first-order valence-corrected chi connectivity index (χ1v) is 10.6. The molecule has 1 amide bonds. The number of aromatic nitrogens is 2. The third kappa shape index (κ3) is 6.38.